The fourth-order valence-corrected chi connectivity index (χ4v) is 4.53. The Balaban J connectivity index is 0.00000144. The second-order valence-corrected chi connectivity index (χ2v) is 8.15. The molecule has 0 spiro atoms. The number of nitrogens with one attached hydrogen (secondary N) is 2. The molecule has 2 aliphatic rings. The smallest absolute Gasteiger partial charge is 0.214 e. The van der Waals surface area contributed by atoms with Crippen LogP contribution in [0.1, 0.15) is 25.7 Å². The van der Waals surface area contributed by atoms with Gasteiger partial charge in [0.05, 0.1) is 22.1 Å². The van der Waals surface area contributed by atoms with Gasteiger partial charge >= 0.3 is 0 Å². The third-order valence-electron chi connectivity index (χ3n) is 6.13. The highest BCUT2D eigenvalue weighted by Crippen LogP contribution is 2.22. The van der Waals surface area contributed by atoms with E-state index in [0.717, 1.165) is 51.9 Å². The van der Waals surface area contributed by atoms with Crippen LogP contribution in [0.25, 0.3) is 21.8 Å². The number of benzene rings is 2. The summed E-state index contributed by atoms with van der Waals surface area (Å²) in [5, 5.41) is 9.96. The lowest BCUT2D eigenvalue weighted by molar-refractivity contribution is -0.683. The summed E-state index contributed by atoms with van der Waals surface area (Å²) in [5.41, 5.74) is 5.11. The molecule has 4 nitrogen and oxygen atoms in total. The molecule has 0 atom stereocenters. The molecule has 4 bridgehead atoms. The molecule has 2 aromatic heterocycles. The molecule has 32 heavy (non-hydrogen) atoms. The molecule has 0 saturated heterocycles. The number of aromatic nitrogens is 2. The highest BCUT2D eigenvalue weighted by Gasteiger charge is 2.15. The predicted molar refractivity (Wildman–Crippen MR) is 124 cm³/mol. The third-order valence-corrected chi connectivity index (χ3v) is 6.13. The van der Waals surface area contributed by atoms with Crippen LogP contribution in [-0.4, -0.2) is 13.1 Å². The molecule has 0 fully saturated rings. The van der Waals surface area contributed by atoms with Crippen molar-refractivity contribution in [1.29, 1.82) is 0 Å². The lowest BCUT2D eigenvalue weighted by Gasteiger charge is -2.12. The number of anilines is 2. The van der Waals surface area contributed by atoms with Crippen molar-refractivity contribution in [2.24, 2.45) is 0 Å². The zero-order valence-electron chi connectivity index (χ0n) is 18.2. The molecular weight excluding hydrogens is 622 g/mol. The maximum absolute atomic E-state index is 3.66. The summed E-state index contributed by atoms with van der Waals surface area (Å²) in [6, 6.07) is 22.0. The zero-order valence-corrected chi connectivity index (χ0v) is 22.6. The van der Waals surface area contributed by atoms with E-state index < -0.39 is 0 Å². The number of hydrogen-bond donors (Lipinski definition) is 2. The molecule has 0 aliphatic carbocycles. The first-order chi connectivity index (χ1) is 14.9. The van der Waals surface area contributed by atoms with Crippen molar-refractivity contribution in [3.05, 3.63) is 73.1 Å². The Kier molecular flexibility index (Phi) is 9.34. The molecule has 0 unspecified atom stereocenters. The average Bonchev–Trinajstić information content (AvgIpc) is 2.80. The third kappa shape index (κ3) is 5.44. The van der Waals surface area contributed by atoms with Crippen LogP contribution >= 0.6 is 0 Å². The van der Waals surface area contributed by atoms with Gasteiger partial charge in [0.1, 0.15) is 13.1 Å². The molecule has 4 aromatic rings. The minimum Gasteiger partial charge on any atom is -1.00 e. The van der Waals surface area contributed by atoms with E-state index in [0.29, 0.717) is 0 Å². The SMILES string of the molecule is [I-].[I-].c1ccc2c(c1)c1cc[n+]2CCCC[n+]2ccc(c3ccccc32)NCCCCN1. The van der Waals surface area contributed by atoms with Crippen LogP contribution in [0.15, 0.2) is 73.1 Å². The van der Waals surface area contributed by atoms with Crippen molar-refractivity contribution < 1.29 is 57.1 Å². The maximum Gasteiger partial charge on any atom is 0.214 e. The Labute approximate surface area is 224 Å². The fourth-order valence-electron chi connectivity index (χ4n) is 4.53. The van der Waals surface area contributed by atoms with E-state index in [1.165, 1.54) is 33.2 Å². The molecule has 6 heteroatoms. The van der Waals surface area contributed by atoms with Crippen molar-refractivity contribution in [2.75, 3.05) is 23.7 Å². The number of nitrogens with zero attached hydrogens (tertiary/aromatic N) is 2. The van der Waals surface area contributed by atoms with E-state index in [-0.39, 0.29) is 48.0 Å². The van der Waals surface area contributed by atoms with Crippen LogP contribution in [0, 0.1) is 0 Å². The van der Waals surface area contributed by atoms with Gasteiger partial charge in [-0.2, -0.15) is 9.13 Å². The minimum atomic E-state index is 0. The topological polar surface area (TPSA) is 31.8 Å². The number of para-hydroxylation sites is 2. The molecule has 4 heterocycles. The number of aryl methyl sites for hydroxylation is 2. The molecule has 0 radical (unpaired) electrons. The standard InChI is InChI=1S/C26H28N4.2HI/c1-3-11-25-21(9-1)23-13-19-29(25)17-7-8-18-30-20-14-24(28-16-6-5-15-27-23)22-10-2-4-12-26(22)30;;/h1-4,9-14,19-20H,5-8,15-18H2;2*1H. The van der Waals surface area contributed by atoms with Crippen molar-refractivity contribution in [1.82, 2.24) is 0 Å². The Morgan fingerprint density at radius 1 is 0.531 bits per heavy atom. The van der Waals surface area contributed by atoms with Gasteiger partial charge < -0.3 is 58.6 Å². The molecule has 168 valence electrons. The number of rotatable bonds is 0. The summed E-state index contributed by atoms with van der Waals surface area (Å²) in [6.45, 7) is 4.06. The zero-order chi connectivity index (χ0) is 20.2. The fraction of sp³-hybridized carbons (Fsp3) is 0.308. The van der Waals surface area contributed by atoms with Crippen LogP contribution in [0.2, 0.25) is 0 Å². The van der Waals surface area contributed by atoms with Crippen LogP contribution in [0.5, 0.6) is 0 Å². The van der Waals surface area contributed by atoms with Crippen molar-refractivity contribution in [2.45, 2.75) is 38.8 Å². The molecule has 2 aromatic carbocycles. The summed E-state index contributed by atoms with van der Waals surface area (Å²) >= 11 is 0. The van der Waals surface area contributed by atoms with Gasteiger partial charge in [-0.15, -0.1) is 0 Å². The van der Waals surface area contributed by atoms with Crippen LogP contribution in [-0.2, 0) is 13.1 Å². The number of pyridine rings is 2. The maximum atomic E-state index is 3.66. The summed E-state index contributed by atoms with van der Waals surface area (Å²) < 4.78 is 4.80. The Morgan fingerprint density at radius 3 is 1.44 bits per heavy atom. The van der Waals surface area contributed by atoms with Gasteiger partial charge in [0.15, 0.2) is 12.4 Å². The van der Waals surface area contributed by atoms with Crippen molar-refractivity contribution in [3.8, 4) is 0 Å². The average molecular weight is 652 g/mol. The molecule has 6 rings (SSSR count). The quantitative estimate of drug-likeness (QED) is 0.183. The Morgan fingerprint density at radius 2 is 0.969 bits per heavy atom. The van der Waals surface area contributed by atoms with Gasteiger partial charge in [-0.3, -0.25) is 0 Å². The van der Waals surface area contributed by atoms with E-state index in [1.54, 1.807) is 0 Å². The van der Waals surface area contributed by atoms with Gasteiger partial charge in [-0.1, -0.05) is 24.3 Å². The number of hydrogen-bond acceptors (Lipinski definition) is 2. The Bertz CT molecular complexity index is 1090. The highest BCUT2D eigenvalue weighted by atomic mass is 127. The molecule has 2 aliphatic heterocycles. The largest absolute Gasteiger partial charge is 1.00 e. The van der Waals surface area contributed by atoms with Gasteiger partial charge in [0.25, 0.3) is 0 Å². The van der Waals surface area contributed by atoms with E-state index >= 15 is 0 Å². The molecule has 2 N–H and O–H groups in total. The Hall–Kier alpha value is -1.68. The lowest BCUT2D eigenvalue weighted by Crippen LogP contribution is -3.00. The van der Waals surface area contributed by atoms with E-state index in [4.69, 9.17) is 0 Å². The van der Waals surface area contributed by atoms with Crippen LogP contribution in [0.4, 0.5) is 11.4 Å². The second-order valence-electron chi connectivity index (χ2n) is 8.15. The van der Waals surface area contributed by atoms with Gasteiger partial charge in [0, 0.05) is 50.2 Å². The highest BCUT2D eigenvalue weighted by molar-refractivity contribution is 5.89. The van der Waals surface area contributed by atoms with E-state index in [9.17, 15) is 0 Å². The van der Waals surface area contributed by atoms with Crippen molar-refractivity contribution in [3.63, 3.8) is 0 Å². The summed E-state index contributed by atoms with van der Waals surface area (Å²) in [6.07, 6.45) is 9.08. The van der Waals surface area contributed by atoms with Crippen molar-refractivity contribution >= 4 is 33.2 Å². The van der Waals surface area contributed by atoms with Crippen LogP contribution in [0.3, 0.4) is 0 Å². The van der Waals surface area contributed by atoms with Gasteiger partial charge in [-0.25, -0.2) is 0 Å². The molecular formula is C26H30I2N4. The minimum absolute atomic E-state index is 0. The molecule has 0 saturated carbocycles. The second kappa shape index (κ2) is 12.0. The first-order valence-corrected chi connectivity index (χ1v) is 11.2. The molecule has 0 amide bonds. The predicted octanol–water partition coefficient (Wildman–Crippen LogP) is -1.33. The van der Waals surface area contributed by atoms with E-state index in [1.807, 2.05) is 0 Å². The number of halogens is 2. The van der Waals surface area contributed by atoms with Gasteiger partial charge in [-0.05, 0) is 25.0 Å². The monoisotopic (exact) mass is 652 g/mol. The first kappa shape index (κ1) is 25.0. The van der Waals surface area contributed by atoms with Gasteiger partial charge in [0.2, 0.25) is 11.0 Å². The normalized spacial score (nSPS) is 14.5. The first-order valence-electron chi connectivity index (χ1n) is 11.2. The summed E-state index contributed by atoms with van der Waals surface area (Å²) in [7, 11) is 0. The summed E-state index contributed by atoms with van der Waals surface area (Å²) in [5.74, 6) is 0. The van der Waals surface area contributed by atoms with E-state index in [2.05, 4.69) is 92.8 Å². The number of fused-ring (bicyclic) bond motifs is 10. The van der Waals surface area contributed by atoms with Crippen LogP contribution < -0.4 is 67.7 Å². The summed E-state index contributed by atoms with van der Waals surface area (Å²) in [4.78, 5) is 0. The lowest BCUT2D eigenvalue weighted by atomic mass is 10.1.